The molecule has 0 bridgehead atoms. The van der Waals surface area contributed by atoms with E-state index in [-0.39, 0.29) is 17.3 Å². The lowest BCUT2D eigenvalue weighted by Gasteiger charge is -2.35. The topological polar surface area (TPSA) is 57.6 Å². The molecule has 1 atom stereocenters. The molecule has 1 amide bonds. The number of nitrogens with zero attached hydrogens (tertiary/aromatic N) is 1. The van der Waals surface area contributed by atoms with Crippen molar-refractivity contribution in [1.82, 2.24) is 0 Å². The van der Waals surface area contributed by atoms with Crippen molar-refractivity contribution in [2.75, 3.05) is 4.90 Å². The molecule has 1 aromatic rings. The van der Waals surface area contributed by atoms with E-state index in [1.807, 2.05) is 0 Å². The Labute approximate surface area is 134 Å². The average molecular weight is 317 g/mol. The predicted molar refractivity (Wildman–Crippen MR) is 84.6 cm³/mol. The Balaban J connectivity index is 2.04. The Morgan fingerprint density at radius 3 is 2.35 bits per heavy atom. The molecule has 0 aromatic heterocycles. The number of ketones is 1. The second-order valence-electron chi connectivity index (χ2n) is 6.31. The minimum Gasteiger partial charge on any atom is -0.503 e. The number of carbonyl (C=O) groups excluding carboxylic acids is 2. The number of amides is 1. The first-order valence-corrected chi connectivity index (χ1v) is 8.04. The molecule has 0 radical (unpaired) electrons. The monoisotopic (exact) mass is 317 g/mol. The summed E-state index contributed by atoms with van der Waals surface area (Å²) in [6.45, 7) is 1.38. The van der Waals surface area contributed by atoms with E-state index in [9.17, 15) is 19.1 Å². The lowest BCUT2D eigenvalue weighted by molar-refractivity contribution is -0.117. The maximum Gasteiger partial charge on any atom is 0.294 e. The van der Waals surface area contributed by atoms with Crippen LogP contribution in [0.1, 0.15) is 39.0 Å². The van der Waals surface area contributed by atoms with Gasteiger partial charge in [0.1, 0.15) is 5.82 Å². The molecular weight excluding hydrogens is 297 g/mol. The van der Waals surface area contributed by atoms with Gasteiger partial charge in [0.15, 0.2) is 11.5 Å². The summed E-state index contributed by atoms with van der Waals surface area (Å²) in [4.78, 5) is 26.0. The van der Waals surface area contributed by atoms with Crippen LogP contribution in [0.3, 0.4) is 0 Å². The third kappa shape index (κ3) is 2.76. The van der Waals surface area contributed by atoms with Gasteiger partial charge in [0.05, 0.1) is 11.6 Å². The highest BCUT2D eigenvalue weighted by atomic mass is 19.1. The Hall–Kier alpha value is -2.17. The standard InChI is InChI=1S/C18H20FNO3/c1-11(21)15-16(12-5-3-2-4-6-12)20(18(23)17(15)22)14-9-7-13(19)8-10-14/h7-10,12,16,22H,2-6H2,1H3/t16-/m1/s1. The normalized spacial score (nSPS) is 22.8. The molecule has 1 aliphatic heterocycles. The summed E-state index contributed by atoms with van der Waals surface area (Å²) in [6.07, 6.45) is 5.09. The van der Waals surface area contributed by atoms with E-state index >= 15 is 0 Å². The molecule has 1 fully saturated rings. The summed E-state index contributed by atoms with van der Waals surface area (Å²) in [6, 6.07) is 5.14. The van der Waals surface area contributed by atoms with Crippen LogP contribution in [0.2, 0.25) is 0 Å². The number of benzene rings is 1. The highest BCUT2D eigenvalue weighted by molar-refractivity contribution is 6.16. The van der Waals surface area contributed by atoms with Crippen LogP contribution in [0.4, 0.5) is 10.1 Å². The van der Waals surface area contributed by atoms with Gasteiger partial charge < -0.3 is 5.11 Å². The number of rotatable bonds is 3. The summed E-state index contributed by atoms with van der Waals surface area (Å²) in [7, 11) is 0. The number of carbonyl (C=O) groups is 2. The molecule has 5 heteroatoms. The minimum absolute atomic E-state index is 0.140. The van der Waals surface area contributed by atoms with Crippen molar-refractivity contribution in [3.8, 4) is 0 Å². The number of anilines is 1. The van der Waals surface area contributed by atoms with Crippen molar-refractivity contribution in [1.29, 1.82) is 0 Å². The van der Waals surface area contributed by atoms with Crippen molar-refractivity contribution in [2.24, 2.45) is 5.92 Å². The molecule has 23 heavy (non-hydrogen) atoms. The van der Waals surface area contributed by atoms with Crippen molar-refractivity contribution >= 4 is 17.4 Å². The maximum absolute atomic E-state index is 13.2. The fraction of sp³-hybridized carbons (Fsp3) is 0.444. The molecule has 122 valence electrons. The Morgan fingerprint density at radius 2 is 1.78 bits per heavy atom. The van der Waals surface area contributed by atoms with Gasteiger partial charge in [-0.2, -0.15) is 0 Å². The zero-order valence-corrected chi connectivity index (χ0v) is 13.1. The largest absolute Gasteiger partial charge is 0.503 e. The van der Waals surface area contributed by atoms with Gasteiger partial charge in [-0.15, -0.1) is 0 Å². The van der Waals surface area contributed by atoms with E-state index in [4.69, 9.17) is 0 Å². The minimum atomic E-state index is -0.572. The van der Waals surface area contributed by atoms with Crippen LogP contribution in [-0.2, 0) is 9.59 Å². The Bertz CT molecular complexity index is 659. The van der Waals surface area contributed by atoms with Crippen LogP contribution >= 0.6 is 0 Å². The molecule has 1 aromatic carbocycles. The van der Waals surface area contributed by atoms with Gasteiger partial charge in [-0.3, -0.25) is 14.5 Å². The molecule has 1 aliphatic carbocycles. The quantitative estimate of drug-likeness (QED) is 0.928. The number of aliphatic hydroxyl groups is 1. The van der Waals surface area contributed by atoms with Crippen LogP contribution in [-0.4, -0.2) is 22.8 Å². The molecule has 0 unspecified atom stereocenters. The fourth-order valence-electron chi connectivity index (χ4n) is 3.78. The van der Waals surface area contributed by atoms with Crippen molar-refractivity contribution in [2.45, 2.75) is 45.1 Å². The molecule has 4 nitrogen and oxygen atoms in total. The molecule has 0 spiro atoms. The SMILES string of the molecule is CC(=O)C1=C(O)C(=O)N(c2ccc(F)cc2)[C@@H]1C1CCCCC1. The zero-order valence-electron chi connectivity index (χ0n) is 13.1. The number of hydrogen-bond donors (Lipinski definition) is 1. The summed E-state index contributed by atoms with van der Waals surface area (Å²) in [5.41, 5.74) is 0.709. The maximum atomic E-state index is 13.2. The van der Waals surface area contributed by atoms with Gasteiger partial charge in [-0.05, 0) is 49.9 Å². The molecule has 1 saturated carbocycles. The van der Waals surface area contributed by atoms with Crippen molar-refractivity contribution < 1.29 is 19.1 Å². The molecular formula is C18H20FNO3. The summed E-state index contributed by atoms with van der Waals surface area (Å²) in [5.74, 6) is -1.56. The van der Waals surface area contributed by atoms with E-state index < -0.39 is 23.5 Å². The lowest BCUT2D eigenvalue weighted by atomic mass is 9.80. The van der Waals surface area contributed by atoms with Gasteiger partial charge in [-0.25, -0.2) is 4.39 Å². The first-order valence-electron chi connectivity index (χ1n) is 8.04. The van der Waals surface area contributed by atoms with Crippen LogP contribution in [0.25, 0.3) is 0 Å². The first kappa shape index (κ1) is 15.7. The van der Waals surface area contributed by atoms with Gasteiger partial charge in [0, 0.05) is 5.69 Å². The van der Waals surface area contributed by atoms with Crippen LogP contribution in [0.5, 0.6) is 0 Å². The average Bonchev–Trinajstić information content (AvgIpc) is 2.81. The van der Waals surface area contributed by atoms with Crippen LogP contribution in [0.15, 0.2) is 35.6 Å². The van der Waals surface area contributed by atoms with E-state index in [1.54, 1.807) is 0 Å². The number of aliphatic hydroxyl groups excluding tert-OH is 1. The fourth-order valence-corrected chi connectivity index (χ4v) is 3.78. The van der Waals surface area contributed by atoms with E-state index in [2.05, 4.69) is 0 Å². The number of Topliss-reactive ketones (excluding diaryl/α,β-unsaturated/α-hetero) is 1. The van der Waals surface area contributed by atoms with Crippen LogP contribution < -0.4 is 4.90 Å². The Morgan fingerprint density at radius 1 is 1.17 bits per heavy atom. The highest BCUT2D eigenvalue weighted by Crippen LogP contribution is 2.40. The third-order valence-electron chi connectivity index (χ3n) is 4.83. The van der Waals surface area contributed by atoms with Gasteiger partial charge in [-0.1, -0.05) is 19.3 Å². The first-order chi connectivity index (χ1) is 11.0. The number of hydrogen-bond acceptors (Lipinski definition) is 3. The molecule has 1 N–H and O–H groups in total. The Kier molecular flexibility index (Phi) is 4.20. The second kappa shape index (κ2) is 6.14. The molecule has 2 aliphatic rings. The van der Waals surface area contributed by atoms with Gasteiger partial charge in [0.25, 0.3) is 5.91 Å². The van der Waals surface area contributed by atoms with E-state index in [0.717, 1.165) is 32.1 Å². The predicted octanol–water partition coefficient (Wildman–Crippen LogP) is 3.52. The summed E-state index contributed by atoms with van der Waals surface area (Å²) >= 11 is 0. The molecule has 0 saturated heterocycles. The zero-order chi connectivity index (χ0) is 16.6. The van der Waals surface area contributed by atoms with Crippen molar-refractivity contribution in [3.63, 3.8) is 0 Å². The lowest BCUT2D eigenvalue weighted by Crippen LogP contribution is -2.42. The molecule has 1 heterocycles. The third-order valence-corrected chi connectivity index (χ3v) is 4.83. The summed E-state index contributed by atoms with van der Waals surface area (Å²) < 4.78 is 13.2. The van der Waals surface area contributed by atoms with Crippen molar-refractivity contribution in [3.05, 3.63) is 41.4 Å². The number of halogens is 1. The van der Waals surface area contributed by atoms with E-state index in [1.165, 1.54) is 36.1 Å². The van der Waals surface area contributed by atoms with E-state index in [0.29, 0.717) is 5.69 Å². The van der Waals surface area contributed by atoms with Gasteiger partial charge >= 0.3 is 0 Å². The van der Waals surface area contributed by atoms with Gasteiger partial charge in [0.2, 0.25) is 0 Å². The molecule has 3 rings (SSSR count). The summed E-state index contributed by atoms with van der Waals surface area (Å²) in [5, 5.41) is 10.2. The van der Waals surface area contributed by atoms with Crippen LogP contribution in [0, 0.1) is 11.7 Å². The highest BCUT2D eigenvalue weighted by Gasteiger charge is 2.46. The second-order valence-corrected chi connectivity index (χ2v) is 6.31. The smallest absolute Gasteiger partial charge is 0.294 e.